The standard InChI is InChI=1S/C11H19/c1-2-4-6-8-10-11-9-7-5-3-1/h1-2,5H,3-4,6-11H2/b2-1-. The maximum atomic E-state index is 2.40. The highest BCUT2D eigenvalue weighted by atomic mass is 14.0. The number of hydrogen-bond acceptors (Lipinski definition) is 0. The number of allylic oxidation sites excluding steroid dienone is 2. The summed E-state index contributed by atoms with van der Waals surface area (Å²) in [7, 11) is 0. The van der Waals surface area contributed by atoms with Crippen molar-refractivity contribution in [2.45, 2.75) is 51.4 Å². The van der Waals surface area contributed by atoms with Crippen molar-refractivity contribution in [3.05, 3.63) is 18.6 Å². The Morgan fingerprint density at radius 1 is 0.636 bits per heavy atom. The Hall–Kier alpha value is -0.260. The Morgan fingerprint density at radius 2 is 1.36 bits per heavy atom. The molecule has 1 aliphatic carbocycles. The van der Waals surface area contributed by atoms with E-state index in [-0.39, 0.29) is 0 Å². The summed E-state index contributed by atoms with van der Waals surface area (Å²) >= 11 is 0. The quantitative estimate of drug-likeness (QED) is 0.461. The minimum Gasteiger partial charge on any atom is -0.0885 e. The Kier molecular flexibility index (Phi) is 5.18. The van der Waals surface area contributed by atoms with Crippen LogP contribution in [0.15, 0.2) is 12.2 Å². The van der Waals surface area contributed by atoms with E-state index in [0.717, 1.165) is 0 Å². The fourth-order valence-corrected chi connectivity index (χ4v) is 1.51. The smallest absolute Gasteiger partial charge is 0.0319 e. The average molecular weight is 151 g/mol. The molecule has 0 heterocycles. The van der Waals surface area contributed by atoms with Gasteiger partial charge in [0.2, 0.25) is 0 Å². The third-order valence-electron chi connectivity index (χ3n) is 2.25. The maximum absolute atomic E-state index is 2.40. The molecule has 63 valence electrons. The highest BCUT2D eigenvalue weighted by Crippen LogP contribution is 2.11. The van der Waals surface area contributed by atoms with E-state index in [9.17, 15) is 0 Å². The van der Waals surface area contributed by atoms with E-state index in [1.54, 1.807) is 0 Å². The summed E-state index contributed by atoms with van der Waals surface area (Å²) in [6, 6.07) is 0. The van der Waals surface area contributed by atoms with Gasteiger partial charge in [-0.05, 0) is 32.1 Å². The van der Waals surface area contributed by atoms with Crippen LogP contribution in [0.5, 0.6) is 0 Å². The van der Waals surface area contributed by atoms with E-state index >= 15 is 0 Å². The second-order valence-electron chi connectivity index (χ2n) is 3.34. The molecule has 0 aromatic carbocycles. The first-order chi connectivity index (χ1) is 5.50. The molecule has 0 atom stereocenters. The first kappa shape index (κ1) is 8.83. The highest BCUT2D eigenvalue weighted by Gasteiger charge is 1.92. The van der Waals surface area contributed by atoms with Crippen molar-refractivity contribution >= 4 is 0 Å². The van der Waals surface area contributed by atoms with Gasteiger partial charge in [-0.25, -0.2) is 0 Å². The summed E-state index contributed by atoms with van der Waals surface area (Å²) in [5, 5.41) is 0. The predicted molar refractivity (Wildman–Crippen MR) is 50.4 cm³/mol. The van der Waals surface area contributed by atoms with E-state index < -0.39 is 0 Å². The molecular formula is C11H19. The molecular weight excluding hydrogens is 132 g/mol. The minimum atomic E-state index is 1.19. The van der Waals surface area contributed by atoms with E-state index in [2.05, 4.69) is 18.6 Å². The molecule has 0 saturated heterocycles. The van der Waals surface area contributed by atoms with Crippen LogP contribution in [0.2, 0.25) is 0 Å². The van der Waals surface area contributed by atoms with E-state index in [0.29, 0.717) is 0 Å². The summed E-state index contributed by atoms with van der Waals surface area (Å²) in [6.07, 6.45) is 18.0. The van der Waals surface area contributed by atoms with Gasteiger partial charge in [0, 0.05) is 0 Å². The van der Waals surface area contributed by atoms with Gasteiger partial charge >= 0.3 is 0 Å². The summed E-state index contributed by atoms with van der Waals surface area (Å²) < 4.78 is 0. The summed E-state index contributed by atoms with van der Waals surface area (Å²) in [4.78, 5) is 0. The van der Waals surface area contributed by atoms with Crippen LogP contribution in [0, 0.1) is 6.42 Å². The lowest BCUT2D eigenvalue weighted by atomic mass is 10.1. The summed E-state index contributed by atoms with van der Waals surface area (Å²) in [5.41, 5.74) is 0. The topological polar surface area (TPSA) is 0 Å². The maximum Gasteiger partial charge on any atom is -0.0319 e. The average Bonchev–Trinajstić information content (AvgIpc) is 2.08. The molecule has 0 N–H and O–H groups in total. The van der Waals surface area contributed by atoms with Gasteiger partial charge in [0.15, 0.2) is 0 Å². The Labute approximate surface area is 70.7 Å². The molecule has 1 rings (SSSR count). The SMILES string of the molecule is [CH]1C/C=C\CCCCCCC1. The Balaban J connectivity index is 2.11. The fourth-order valence-electron chi connectivity index (χ4n) is 1.51. The highest BCUT2D eigenvalue weighted by molar-refractivity contribution is 4.87. The molecule has 0 heteroatoms. The molecule has 0 saturated carbocycles. The molecule has 0 aliphatic heterocycles. The largest absolute Gasteiger partial charge is 0.0885 e. The van der Waals surface area contributed by atoms with Crippen LogP contribution in [0.4, 0.5) is 0 Å². The first-order valence-electron chi connectivity index (χ1n) is 4.97. The van der Waals surface area contributed by atoms with Gasteiger partial charge in [0.1, 0.15) is 0 Å². The van der Waals surface area contributed by atoms with Crippen LogP contribution >= 0.6 is 0 Å². The molecule has 0 amide bonds. The van der Waals surface area contributed by atoms with Crippen molar-refractivity contribution in [3.8, 4) is 0 Å². The molecule has 0 aromatic heterocycles. The predicted octanol–water partition coefficient (Wildman–Crippen LogP) is 3.88. The molecule has 1 aliphatic rings. The van der Waals surface area contributed by atoms with Gasteiger partial charge < -0.3 is 0 Å². The lowest BCUT2D eigenvalue weighted by Gasteiger charge is -1.97. The minimum absolute atomic E-state index is 1.19. The van der Waals surface area contributed by atoms with Gasteiger partial charge in [-0.1, -0.05) is 37.8 Å². The van der Waals surface area contributed by atoms with E-state index in [1.807, 2.05) is 0 Å². The van der Waals surface area contributed by atoms with Gasteiger partial charge in [-0.2, -0.15) is 0 Å². The summed E-state index contributed by atoms with van der Waals surface area (Å²) in [6.45, 7) is 0. The fraction of sp³-hybridized carbons (Fsp3) is 0.727. The lowest BCUT2D eigenvalue weighted by Crippen LogP contribution is -1.78. The monoisotopic (exact) mass is 151 g/mol. The Bertz CT molecular complexity index is 90.6. The molecule has 11 heavy (non-hydrogen) atoms. The van der Waals surface area contributed by atoms with Crippen LogP contribution < -0.4 is 0 Å². The summed E-state index contributed by atoms with van der Waals surface area (Å²) in [5.74, 6) is 0. The molecule has 1 radical (unpaired) electrons. The van der Waals surface area contributed by atoms with Crippen LogP contribution in [-0.4, -0.2) is 0 Å². The first-order valence-corrected chi connectivity index (χ1v) is 4.97. The van der Waals surface area contributed by atoms with Crippen molar-refractivity contribution < 1.29 is 0 Å². The molecule has 0 bridgehead atoms. The zero-order valence-electron chi connectivity index (χ0n) is 7.39. The number of hydrogen-bond donors (Lipinski definition) is 0. The third kappa shape index (κ3) is 5.06. The molecule has 0 aromatic rings. The van der Waals surface area contributed by atoms with Gasteiger partial charge in [-0.3, -0.25) is 0 Å². The van der Waals surface area contributed by atoms with E-state index in [1.165, 1.54) is 51.4 Å². The van der Waals surface area contributed by atoms with Crippen LogP contribution in [0.1, 0.15) is 51.4 Å². The molecule has 0 unspecified atom stereocenters. The number of rotatable bonds is 0. The molecule has 0 fully saturated rings. The van der Waals surface area contributed by atoms with E-state index in [4.69, 9.17) is 0 Å². The second kappa shape index (κ2) is 6.45. The molecule has 0 spiro atoms. The Morgan fingerprint density at radius 3 is 2.27 bits per heavy atom. The second-order valence-corrected chi connectivity index (χ2v) is 3.34. The lowest BCUT2D eigenvalue weighted by molar-refractivity contribution is 0.616. The van der Waals surface area contributed by atoms with Gasteiger partial charge in [0.05, 0.1) is 0 Å². The normalized spacial score (nSPS) is 25.5. The van der Waals surface area contributed by atoms with Crippen LogP contribution in [-0.2, 0) is 0 Å². The van der Waals surface area contributed by atoms with Crippen molar-refractivity contribution in [1.82, 2.24) is 0 Å². The van der Waals surface area contributed by atoms with Crippen LogP contribution in [0.3, 0.4) is 0 Å². The van der Waals surface area contributed by atoms with Crippen molar-refractivity contribution in [2.75, 3.05) is 0 Å². The van der Waals surface area contributed by atoms with Crippen molar-refractivity contribution in [3.63, 3.8) is 0 Å². The zero-order chi connectivity index (χ0) is 7.78. The van der Waals surface area contributed by atoms with Crippen LogP contribution in [0.25, 0.3) is 0 Å². The van der Waals surface area contributed by atoms with Crippen molar-refractivity contribution in [2.24, 2.45) is 0 Å². The van der Waals surface area contributed by atoms with Crippen molar-refractivity contribution in [1.29, 1.82) is 0 Å². The molecule has 0 nitrogen and oxygen atoms in total. The third-order valence-corrected chi connectivity index (χ3v) is 2.25. The van der Waals surface area contributed by atoms with Gasteiger partial charge in [0.25, 0.3) is 0 Å². The van der Waals surface area contributed by atoms with Gasteiger partial charge in [-0.15, -0.1) is 0 Å². The zero-order valence-corrected chi connectivity index (χ0v) is 7.39.